The van der Waals surface area contributed by atoms with Gasteiger partial charge in [0, 0.05) is 76.8 Å². The normalized spacial score (nSPS) is 22.0. The number of halogens is 4. The van der Waals surface area contributed by atoms with Crippen LogP contribution in [0.3, 0.4) is 0 Å². The Morgan fingerprint density at radius 2 is 1.64 bits per heavy atom. The third-order valence-corrected chi connectivity index (χ3v) is 8.48. The molecule has 0 spiro atoms. The van der Waals surface area contributed by atoms with E-state index in [0.717, 1.165) is 11.8 Å². The molecule has 0 saturated carbocycles. The van der Waals surface area contributed by atoms with Crippen LogP contribution in [0.15, 0.2) is 47.9 Å². The first-order valence-corrected chi connectivity index (χ1v) is 14.4. The zero-order valence-corrected chi connectivity index (χ0v) is 22.7. The van der Waals surface area contributed by atoms with Crippen molar-refractivity contribution in [1.82, 2.24) is 19.3 Å². The summed E-state index contributed by atoms with van der Waals surface area (Å²) in [6, 6.07) is 4.26. The Morgan fingerprint density at radius 3 is 2.28 bits per heavy atom. The molecule has 13 heteroatoms. The third-order valence-electron chi connectivity index (χ3n) is 7.39. The Labute approximate surface area is 227 Å². The third kappa shape index (κ3) is 6.08. The van der Waals surface area contributed by atoms with Crippen LogP contribution in [0.5, 0.6) is 0 Å². The molecule has 2 aliphatic heterocycles. The molecule has 2 saturated heterocycles. The van der Waals surface area contributed by atoms with Gasteiger partial charge in [0.1, 0.15) is 17.5 Å². The van der Waals surface area contributed by atoms with Gasteiger partial charge in [0.2, 0.25) is 5.95 Å². The molecule has 0 amide bonds. The van der Waals surface area contributed by atoms with Crippen molar-refractivity contribution in [2.75, 3.05) is 73.3 Å². The summed E-state index contributed by atoms with van der Waals surface area (Å²) < 4.78 is 68.5. The first-order chi connectivity index (χ1) is 18.6. The number of alkyl halides is 3. The Hall–Kier alpha value is -3.06. The lowest BCUT2D eigenvalue weighted by Crippen LogP contribution is -2.48. The van der Waals surface area contributed by atoms with E-state index in [2.05, 4.69) is 14.8 Å². The van der Waals surface area contributed by atoms with Gasteiger partial charge in [0.25, 0.3) is 0 Å². The average Bonchev–Trinajstić information content (AvgIpc) is 2.94. The number of hydrogen-bond donors (Lipinski definition) is 0. The van der Waals surface area contributed by atoms with Crippen LogP contribution in [-0.2, 0) is 17.2 Å². The minimum absolute atomic E-state index is 0.0588. The number of piperazine rings is 2. The molecule has 8 nitrogen and oxygen atoms in total. The number of pyridine rings is 1. The number of hydrogen-bond acceptors (Lipinski definition) is 7. The molecule has 210 valence electrons. The Morgan fingerprint density at radius 1 is 0.974 bits per heavy atom. The zero-order chi connectivity index (χ0) is 27.7. The van der Waals surface area contributed by atoms with Gasteiger partial charge in [0.05, 0.1) is 22.2 Å². The first-order valence-electron chi connectivity index (χ1n) is 12.9. The average molecular weight is 566 g/mol. The number of aromatic nitrogens is 3. The van der Waals surface area contributed by atoms with Crippen LogP contribution in [0.25, 0.3) is 0 Å². The Bertz CT molecular complexity index is 1290. The van der Waals surface area contributed by atoms with Gasteiger partial charge in [-0.2, -0.15) is 18.2 Å². The van der Waals surface area contributed by atoms with Gasteiger partial charge in [-0.05, 0) is 37.1 Å². The quantitative estimate of drug-likeness (QED) is 0.509. The smallest absolute Gasteiger partial charge is 0.353 e. The molecule has 0 aromatic carbocycles. The summed E-state index contributed by atoms with van der Waals surface area (Å²) in [5.41, 5.74) is 0.691. The summed E-state index contributed by atoms with van der Waals surface area (Å²) in [5.74, 6) is 0.842. The van der Waals surface area contributed by atoms with Crippen LogP contribution in [-0.4, -0.2) is 82.1 Å². The van der Waals surface area contributed by atoms with E-state index in [1.54, 1.807) is 18.1 Å². The zero-order valence-electron chi connectivity index (χ0n) is 21.9. The molecular formula is C26H31F4N7OS. The fourth-order valence-electron chi connectivity index (χ4n) is 5.14. The maximum absolute atomic E-state index is 14.0. The Balaban J connectivity index is 1.39. The lowest BCUT2D eigenvalue weighted by Gasteiger charge is -2.38. The van der Waals surface area contributed by atoms with E-state index in [1.165, 1.54) is 18.3 Å². The molecule has 0 radical (unpaired) electrons. The second-order valence-electron chi connectivity index (χ2n) is 9.94. The van der Waals surface area contributed by atoms with Crippen molar-refractivity contribution in [3.63, 3.8) is 0 Å². The number of nitrogens with zero attached hydrogens (tertiary/aromatic N) is 7. The van der Waals surface area contributed by atoms with Gasteiger partial charge in [-0.1, -0.05) is 6.08 Å². The highest BCUT2D eigenvalue weighted by Gasteiger charge is 2.36. The molecule has 0 bridgehead atoms. The predicted molar refractivity (Wildman–Crippen MR) is 144 cm³/mol. The number of anilines is 3. The summed E-state index contributed by atoms with van der Waals surface area (Å²) >= 11 is 0. The van der Waals surface area contributed by atoms with Gasteiger partial charge in [-0.15, -0.1) is 0 Å². The van der Waals surface area contributed by atoms with E-state index in [4.69, 9.17) is 9.97 Å². The van der Waals surface area contributed by atoms with Crippen molar-refractivity contribution < 1.29 is 21.8 Å². The van der Waals surface area contributed by atoms with Crippen molar-refractivity contribution >= 4 is 28.6 Å². The van der Waals surface area contributed by atoms with Crippen molar-refractivity contribution in [3.05, 3.63) is 59.2 Å². The lowest BCUT2D eigenvalue weighted by molar-refractivity contribution is -0.137. The largest absolute Gasteiger partial charge is 0.419 e. The van der Waals surface area contributed by atoms with Crippen LogP contribution >= 0.6 is 0 Å². The van der Waals surface area contributed by atoms with E-state index >= 15 is 0 Å². The Kier molecular flexibility index (Phi) is 7.90. The van der Waals surface area contributed by atoms with Crippen molar-refractivity contribution in [2.45, 2.75) is 25.4 Å². The molecule has 4 heterocycles. The second-order valence-corrected chi connectivity index (χ2v) is 11.3. The summed E-state index contributed by atoms with van der Waals surface area (Å²) in [6.07, 6.45) is 2.36. The molecule has 3 aliphatic rings. The molecule has 2 atom stereocenters. The molecule has 2 aromatic heterocycles. The maximum atomic E-state index is 14.0. The van der Waals surface area contributed by atoms with Gasteiger partial charge in [0.15, 0.2) is 0 Å². The highest BCUT2D eigenvalue weighted by Crippen LogP contribution is 2.36. The van der Waals surface area contributed by atoms with Crippen LogP contribution in [0.2, 0.25) is 0 Å². The maximum Gasteiger partial charge on any atom is 0.419 e. The van der Waals surface area contributed by atoms with Crippen molar-refractivity contribution in [3.8, 4) is 0 Å². The molecule has 5 rings (SSSR count). The SMILES string of the molecule is CC1=C(F)C=CC(c2cc(N3CCN(c4ncccc4C(F)(F)F)CC3)nc(N3CCN(S(C)=O)CC3)n2)C1. The van der Waals surface area contributed by atoms with Crippen LogP contribution in [0, 0.1) is 0 Å². The van der Waals surface area contributed by atoms with Crippen LogP contribution in [0.1, 0.15) is 30.5 Å². The van der Waals surface area contributed by atoms with Gasteiger partial charge in [-0.3, -0.25) is 0 Å². The fraction of sp³-hybridized carbons (Fsp3) is 0.500. The summed E-state index contributed by atoms with van der Waals surface area (Å²) in [4.78, 5) is 19.5. The number of rotatable bonds is 5. The fourth-order valence-corrected chi connectivity index (χ4v) is 5.81. The topological polar surface area (TPSA) is 68.7 Å². The molecule has 2 aromatic rings. The summed E-state index contributed by atoms with van der Waals surface area (Å²) in [5, 5.41) is 0. The van der Waals surface area contributed by atoms with Gasteiger partial charge < -0.3 is 14.7 Å². The minimum atomic E-state index is -4.48. The summed E-state index contributed by atoms with van der Waals surface area (Å²) in [6.45, 7) is 5.86. The summed E-state index contributed by atoms with van der Waals surface area (Å²) in [7, 11) is -1.05. The second kappa shape index (κ2) is 11.2. The van der Waals surface area contributed by atoms with Gasteiger partial charge >= 0.3 is 6.18 Å². The monoisotopic (exact) mass is 565 g/mol. The molecule has 0 N–H and O–H groups in total. The molecule has 2 unspecified atom stereocenters. The standard InChI is InChI=1S/C26H31F4N7OS/c1-18-16-19(5-6-21(18)27)22-17-23(33-25(32-22)36-12-14-37(15-13-36)39(2)38)34-8-10-35(11-9-34)24-20(26(28,29)30)4-3-7-31-24/h3-7,17,19H,8-16H2,1-2H3. The van der Waals surface area contributed by atoms with E-state index in [9.17, 15) is 21.8 Å². The first kappa shape index (κ1) is 27.5. The van der Waals surface area contributed by atoms with Gasteiger partial charge in [-0.25, -0.2) is 22.9 Å². The van der Waals surface area contributed by atoms with E-state index in [1.807, 2.05) is 16.4 Å². The van der Waals surface area contributed by atoms with E-state index in [0.29, 0.717) is 76.1 Å². The van der Waals surface area contributed by atoms with E-state index < -0.39 is 22.7 Å². The highest BCUT2D eigenvalue weighted by atomic mass is 32.2. The highest BCUT2D eigenvalue weighted by molar-refractivity contribution is 7.81. The predicted octanol–water partition coefficient (Wildman–Crippen LogP) is 3.92. The van der Waals surface area contributed by atoms with Crippen molar-refractivity contribution in [2.24, 2.45) is 0 Å². The number of allylic oxidation sites excluding steroid dienone is 4. The molecule has 1 aliphatic carbocycles. The molecular weight excluding hydrogens is 534 g/mol. The van der Waals surface area contributed by atoms with Crippen LogP contribution in [0.4, 0.5) is 35.1 Å². The minimum Gasteiger partial charge on any atom is -0.353 e. The van der Waals surface area contributed by atoms with E-state index in [-0.39, 0.29) is 17.6 Å². The lowest BCUT2D eigenvalue weighted by atomic mass is 9.91. The van der Waals surface area contributed by atoms with Crippen LogP contribution < -0.4 is 14.7 Å². The van der Waals surface area contributed by atoms with Crippen molar-refractivity contribution in [1.29, 1.82) is 0 Å². The molecule has 2 fully saturated rings. The molecule has 39 heavy (non-hydrogen) atoms.